The molecule has 2 fully saturated rings. The Morgan fingerprint density at radius 2 is 1.86 bits per heavy atom. The fraction of sp³-hybridized carbons (Fsp3) is 0.438. The maximum Gasteiger partial charge on any atom is 0.193 e. The van der Waals surface area contributed by atoms with Crippen LogP contribution in [0, 0.1) is 0 Å². The quantitative estimate of drug-likeness (QED) is 0.630. The fourth-order valence-corrected chi connectivity index (χ4v) is 5.08. The van der Waals surface area contributed by atoms with Crippen molar-refractivity contribution < 1.29 is 14.3 Å². The second kappa shape index (κ2) is 7.49. The molecule has 3 nitrogen and oxygen atoms in total. The van der Waals surface area contributed by atoms with Crippen LogP contribution in [0.2, 0.25) is 0 Å². The highest BCUT2D eigenvalue weighted by Crippen LogP contribution is 2.39. The minimum atomic E-state index is -0.237. The number of carbonyl (C=O) groups is 1. The Hall–Kier alpha value is -0.750. The minimum Gasteiger partial charge on any atom is -0.376 e. The molecule has 0 saturated carbocycles. The Morgan fingerprint density at radius 3 is 2.52 bits per heavy atom. The number of Topliss-reactive ketones (excluding diaryl/α,β-unsaturated/α-hetero) is 1. The molecule has 2 aliphatic heterocycles. The molecular weight excluding hydrogens is 304 g/mol. The summed E-state index contributed by atoms with van der Waals surface area (Å²) in [7, 11) is 0. The van der Waals surface area contributed by atoms with E-state index in [4.69, 9.17) is 9.47 Å². The molecule has 0 spiro atoms. The van der Waals surface area contributed by atoms with E-state index < -0.39 is 0 Å². The Morgan fingerprint density at radius 1 is 1.10 bits per heavy atom. The molecule has 2 aliphatic rings. The predicted octanol–water partition coefficient (Wildman–Crippen LogP) is 3.37. The molecule has 2 saturated heterocycles. The van der Waals surface area contributed by atoms with E-state index in [1.165, 1.54) is 6.42 Å². The summed E-state index contributed by atoms with van der Waals surface area (Å²) in [4.78, 5) is 12.9. The number of benzene rings is 1. The van der Waals surface area contributed by atoms with E-state index in [-0.39, 0.29) is 11.9 Å². The van der Waals surface area contributed by atoms with Gasteiger partial charge in [0.1, 0.15) is 6.10 Å². The molecule has 1 aromatic rings. The summed E-state index contributed by atoms with van der Waals surface area (Å²) in [6.45, 7) is 1.64. The molecule has 1 aromatic carbocycles. The molecule has 1 unspecified atom stereocenters. The second-order valence-corrected chi connectivity index (χ2v) is 7.35. The minimum absolute atomic E-state index is 0.0722. The third-order valence-electron chi connectivity index (χ3n) is 3.39. The molecule has 0 aliphatic carbocycles. The standard InChI is InChI=1S/C16H18O3S2/c17-15(12-5-2-1-3-6-12)14(13-11-18-7-8-19-13)16-20-9-4-10-21-16/h1-3,5-6,13H,4,7-11H2. The Bertz CT molecular complexity index is 514. The maximum absolute atomic E-state index is 12.9. The number of hydrogen-bond acceptors (Lipinski definition) is 5. The van der Waals surface area contributed by atoms with Gasteiger partial charge < -0.3 is 9.47 Å². The van der Waals surface area contributed by atoms with Crippen molar-refractivity contribution in [2.75, 3.05) is 31.3 Å². The smallest absolute Gasteiger partial charge is 0.193 e. The van der Waals surface area contributed by atoms with Crippen LogP contribution in [0.4, 0.5) is 0 Å². The van der Waals surface area contributed by atoms with Gasteiger partial charge in [0.25, 0.3) is 0 Å². The van der Waals surface area contributed by atoms with E-state index in [0.717, 1.165) is 26.9 Å². The van der Waals surface area contributed by atoms with Crippen LogP contribution >= 0.6 is 23.5 Å². The van der Waals surface area contributed by atoms with Gasteiger partial charge in [0, 0.05) is 9.80 Å². The van der Waals surface area contributed by atoms with E-state index >= 15 is 0 Å². The summed E-state index contributed by atoms with van der Waals surface area (Å²) >= 11 is 3.55. The van der Waals surface area contributed by atoms with Gasteiger partial charge in [-0.3, -0.25) is 4.79 Å². The van der Waals surface area contributed by atoms with Gasteiger partial charge in [-0.15, -0.1) is 23.5 Å². The summed E-state index contributed by atoms with van der Waals surface area (Å²) in [6, 6.07) is 9.45. The summed E-state index contributed by atoms with van der Waals surface area (Å²) in [5, 5.41) is 0. The molecule has 112 valence electrons. The van der Waals surface area contributed by atoms with Crippen LogP contribution in [-0.2, 0) is 9.47 Å². The average Bonchev–Trinajstić information content (AvgIpc) is 2.58. The first kappa shape index (κ1) is 15.2. The zero-order valence-corrected chi connectivity index (χ0v) is 13.4. The van der Waals surface area contributed by atoms with Crippen molar-refractivity contribution in [2.45, 2.75) is 12.5 Å². The Balaban J connectivity index is 1.93. The van der Waals surface area contributed by atoms with Crippen molar-refractivity contribution in [3.8, 4) is 0 Å². The summed E-state index contributed by atoms with van der Waals surface area (Å²) < 4.78 is 12.4. The van der Waals surface area contributed by atoms with Crippen molar-refractivity contribution in [2.24, 2.45) is 0 Å². The SMILES string of the molecule is O=C(C(=C1SCCCS1)C1COCCO1)c1ccccc1. The summed E-state index contributed by atoms with van der Waals surface area (Å²) in [6.07, 6.45) is 0.952. The first-order valence-electron chi connectivity index (χ1n) is 7.15. The van der Waals surface area contributed by atoms with Gasteiger partial charge in [0.05, 0.1) is 25.4 Å². The molecule has 3 rings (SSSR count). The largest absolute Gasteiger partial charge is 0.376 e. The van der Waals surface area contributed by atoms with Crippen LogP contribution in [0.5, 0.6) is 0 Å². The molecule has 0 radical (unpaired) electrons. The van der Waals surface area contributed by atoms with Gasteiger partial charge in [-0.2, -0.15) is 0 Å². The van der Waals surface area contributed by atoms with Crippen LogP contribution in [-0.4, -0.2) is 43.2 Å². The summed E-state index contributed by atoms with van der Waals surface area (Å²) in [5.41, 5.74) is 1.51. The van der Waals surface area contributed by atoms with Gasteiger partial charge in [0.15, 0.2) is 5.78 Å². The normalized spacial score (nSPS) is 22.9. The Labute approximate surface area is 133 Å². The van der Waals surface area contributed by atoms with E-state index in [0.29, 0.717) is 19.8 Å². The number of thioether (sulfide) groups is 2. The first-order valence-corrected chi connectivity index (χ1v) is 9.12. The maximum atomic E-state index is 12.9. The summed E-state index contributed by atoms with van der Waals surface area (Å²) in [5.74, 6) is 2.21. The highest BCUT2D eigenvalue weighted by molar-refractivity contribution is 8.22. The topological polar surface area (TPSA) is 35.5 Å². The van der Waals surface area contributed by atoms with E-state index in [1.54, 1.807) is 23.5 Å². The monoisotopic (exact) mass is 322 g/mol. The zero-order valence-electron chi connectivity index (χ0n) is 11.7. The number of ketones is 1. The van der Waals surface area contributed by atoms with Crippen molar-refractivity contribution in [1.82, 2.24) is 0 Å². The van der Waals surface area contributed by atoms with Gasteiger partial charge in [0.2, 0.25) is 0 Å². The average molecular weight is 322 g/mol. The van der Waals surface area contributed by atoms with Crippen LogP contribution in [0.25, 0.3) is 0 Å². The molecule has 0 amide bonds. The molecule has 5 heteroatoms. The van der Waals surface area contributed by atoms with Crippen molar-refractivity contribution >= 4 is 29.3 Å². The van der Waals surface area contributed by atoms with E-state index in [2.05, 4.69) is 0 Å². The van der Waals surface area contributed by atoms with Crippen molar-refractivity contribution in [3.05, 3.63) is 45.7 Å². The van der Waals surface area contributed by atoms with Crippen LogP contribution < -0.4 is 0 Å². The number of carbonyl (C=O) groups excluding carboxylic acids is 1. The third-order valence-corrected chi connectivity index (χ3v) is 6.05. The van der Waals surface area contributed by atoms with Gasteiger partial charge in [-0.05, 0) is 17.9 Å². The number of hydrogen-bond donors (Lipinski definition) is 0. The van der Waals surface area contributed by atoms with Crippen LogP contribution in [0.15, 0.2) is 40.1 Å². The van der Waals surface area contributed by atoms with Gasteiger partial charge >= 0.3 is 0 Å². The molecule has 0 bridgehead atoms. The third kappa shape index (κ3) is 3.72. The predicted molar refractivity (Wildman–Crippen MR) is 87.9 cm³/mol. The molecule has 0 N–H and O–H groups in total. The van der Waals surface area contributed by atoms with Crippen LogP contribution in [0.3, 0.4) is 0 Å². The molecular formula is C16H18O3S2. The fourth-order valence-electron chi connectivity index (χ4n) is 2.36. The van der Waals surface area contributed by atoms with E-state index in [9.17, 15) is 4.79 Å². The lowest BCUT2D eigenvalue weighted by atomic mass is 10.0. The number of ether oxygens (including phenoxy) is 2. The lowest BCUT2D eigenvalue weighted by Crippen LogP contribution is -2.33. The molecule has 21 heavy (non-hydrogen) atoms. The zero-order chi connectivity index (χ0) is 14.5. The van der Waals surface area contributed by atoms with E-state index in [1.807, 2.05) is 30.3 Å². The highest BCUT2D eigenvalue weighted by Gasteiger charge is 2.30. The second-order valence-electron chi connectivity index (χ2n) is 4.88. The number of rotatable bonds is 3. The first-order chi connectivity index (χ1) is 10.4. The van der Waals surface area contributed by atoms with Crippen LogP contribution in [0.1, 0.15) is 16.8 Å². The molecule has 1 atom stereocenters. The lowest BCUT2D eigenvalue weighted by molar-refractivity contribution is -0.0712. The lowest BCUT2D eigenvalue weighted by Gasteiger charge is -2.27. The van der Waals surface area contributed by atoms with Crippen molar-refractivity contribution in [1.29, 1.82) is 0 Å². The molecule has 0 aromatic heterocycles. The van der Waals surface area contributed by atoms with Gasteiger partial charge in [-0.25, -0.2) is 0 Å². The van der Waals surface area contributed by atoms with Crippen molar-refractivity contribution in [3.63, 3.8) is 0 Å². The van der Waals surface area contributed by atoms with Gasteiger partial charge in [-0.1, -0.05) is 30.3 Å². The molecule has 2 heterocycles. The Kier molecular flexibility index (Phi) is 5.41. The highest BCUT2D eigenvalue weighted by atomic mass is 32.2.